The number of nitrogens with one attached hydrogen (secondary N) is 2. The summed E-state index contributed by atoms with van der Waals surface area (Å²) >= 11 is 19.3. The predicted octanol–water partition coefficient (Wildman–Crippen LogP) is 8.62. The van der Waals surface area contributed by atoms with Crippen molar-refractivity contribution in [2.75, 3.05) is 22.9 Å². The summed E-state index contributed by atoms with van der Waals surface area (Å²) in [6.45, 7) is 2.40. The zero-order chi connectivity index (χ0) is 47.1. The second kappa shape index (κ2) is 18.3. The first kappa shape index (κ1) is 39.1. The molecule has 0 saturated heterocycles. The number of sulfonamides is 2. The number of aromatic carboxylic acids is 1. The molecule has 6 aromatic rings. The summed E-state index contributed by atoms with van der Waals surface area (Å²) in [5.74, 6) is -0.596. The average molecular weight is 966 g/mol. The number of carbonyl (C=O) groups is 2. The maximum Gasteiger partial charge on any atom is 0.347 e. The van der Waals surface area contributed by atoms with Gasteiger partial charge in [0.1, 0.15) is 41.6 Å². The fourth-order valence-corrected chi connectivity index (χ4v) is 10.4. The van der Waals surface area contributed by atoms with Gasteiger partial charge < -0.3 is 33.1 Å². The number of ketones is 1. The predicted molar refractivity (Wildman–Crippen MR) is 222 cm³/mol. The van der Waals surface area contributed by atoms with E-state index in [0.717, 1.165) is 33.8 Å². The minimum Gasteiger partial charge on any atom is -0.477 e. The van der Waals surface area contributed by atoms with Crippen LogP contribution in [0.4, 0.5) is 11.8 Å². The number of alkyl halides is 1. The molecular formula is C36H31Cl3N4O13S4. The van der Waals surface area contributed by atoms with Crippen LogP contribution in [-0.4, -0.2) is 57.5 Å². The molecule has 0 aliphatic carbocycles. The monoisotopic (exact) mass is 964 g/mol. The number of halogens is 3. The number of Topliss-reactive ketones (excluding diaryl/α,β-unsaturated/α-hetero) is 1. The molecule has 0 radical (unpaired) electrons. The molecule has 0 saturated carbocycles. The van der Waals surface area contributed by atoms with E-state index >= 15 is 0 Å². The first-order valence-corrected chi connectivity index (χ1v) is 22.6. The Morgan fingerprint density at radius 2 is 1.15 bits per heavy atom. The number of rotatable bonds is 11. The van der Waals surface area contributed by atoms with Gasteiger partial charge in [-0.2, -0.15) is 0 Å². The maximum atomic E-state index is 13.0. The van der Waals surface area contributed by atoms with Crippen LogP contribution >= 0.6 is 57.5 Å². The number of fused-ring (bicyclic) bond motifs is 2. The Balaban J connectivity index is 0.000000175. The minimum absolute atomic E-state index is 0.0238. The van der Waals surface area contributed by atoms with Crippen LogP contribution in [0.1, 0.15) is 58.5 Å². The van der Waals surface area contributed by atoms with Crippen molar-refractivity contribution in [3.8, 4) is 23.0 Å². The van der Waals surface area contributed by atoms with Gasteiger partial charge >= 0.3 is 5.97 Å². The molecule has 3 N–H and O–H groups in total. The number of ether oxygens (including phenoxy) is 4. The first-order chi connectivity index (χ1) is 29.8. The fourth-order valence-electron chi connectivity index (χ4n) is 5.11. The van der Waals surface area contributed by atoms with Crippen LogP contribution in [0, 0.1) is 27.7 Å². The number of benzene rings is 2. The van der Waals surface area contributed by atoms with E-state index in [1.165, 1.54) is 35.9 Å². The molecule has 0 bridgehead atoms. The summed E-state index contributed by atoms with van der Waals surface area (Å²) in [7, 11) is -8.25. The summed E-state index contributed by atoms with van der Waals surface area (Å²) in [4.78, 5) is 23.1. The van der Waals surface area contributed by atoms with Gasteiger partial charge in [0, 0.05) is 12.3 Å². The zero-order valence-corrected chi connectivity index (χ0v) is 36.6. The molecule has 2 aromatic carbocycles. The summed E-state index contributed by atoms with van der Waals surface area (Å²) < 4.78 is 113. The molecule has 0 unspecified atom stereocenters. The number of carboxylic acids is 1. The number of aromatic nitrogens is 2. The van der Waals surface area contributed by atoms with Crippen LogP contribution < -0.4 is 28.4 Å². The molecule has 0 amide bonds. The number of carbonyl (C=O) groups excluding carboxylic acids is 1. The Labute approximate surface area is 370 Å². The van der Waals surface area contributed by atoms with Gasteiger partial charge in [0.15, 0.2) is 28.8 Å². The lowest BCUT2D eigenvalue weighted by Gasteiger charge is -2.09. The van der Waals surface area contributed by atoms with Crippen molar-refractivity contribution in [2.24, 2.45) is 0 Å². The second-order valence-corrected chi connectivity index (χ2v) is 18.5. The van der Waals surface area contributed by atoms with E-state index in [1.807, 2.05) is 6.92 Å². The molecule has 0 spiro atoms. The molecular weight excluding hydrogens is 931 g/mol. The van der Waals surface area contributed by atoms with Gasteiger partial charge in [-0.25, -0.2) is 31.1 Å². The highest BCUT2D eigenvalue weighted by Crippen LogP contribution is 2.37. The third kappa shape index (κ3) is 9.78. The summed E-state index contributed by atoms with van der Waals surface area (Å²) in [5, 5.41) is 18.9. The largest absolute Gasteiger partial charge is 0.477 e. The van der Waals surface area contributed by atoms with Gasteiger partial charge in [0.05, 0.1) is 4.88 Å². The van der Waals surface area contributed by atoms with E-state index in [1.54, 1.807) is 32.0 Å². The molecule has 8 rings (SSSR count). The van der Waals surface area contributed by atoms with Gasteiger partial charge in [-0.05, 0) is 97.1 Å². The molecule has 4 aromatic heterocycles. The average Bonchev–Trinajstić information content (AvgIpc) is 4.07. The SMILES string of the molecule is Cc1noc(NS(=O)(=O)c2ccsc2C(=O)O)c1Cl.[2H]C1([2H])Oc2cc(C)c(CC(=O)c3sccc3S(=O)(=O)Nc3onc(C)c3Cl)cc2O1.[2H]C1([2H])Oc2cc(C)c(CCl)cc2O1. The lowest BCUT2D eigenvalue weighted by atomic mass is 10.0. The van der Waals surface area contributed by atoms with Crippen molar-refractivity contribution in [3.05, 3.63) is 101 Å². The highest BCUT2D eigenvalue weighted by Gasteiger charge is 2.29. The lowest BCUT2D eigenvalue weighted by molar-refractivity contribution is 0.0698. The summed E-state index contributed by atoms with van der Waals surface area (Å²) in [5.41, 5.74) is 3.78. The Morgan fingerprint density at radius 3 is 1.58 bits per heavy atom. The maximum absolute atomic E-state index is 13.0. The zero-order valence-electron chi connectivity index (χ0n) is 35.0. The van der Waals surface area contributed by atoms with E-state index < -0.39 is 45.3 Å². The van der Waals surface area contributed by atoms with Crippen LogP contribution in [0.2, 0.25) is 10.0 Å². The van der Waals surface area contributed by atoms with E-state index in [9.17, 15) is 26.4 Å². The van der Waals surface area contributed by atoms with Gasteiger partial charge in [0.25, 0.3) is 31.8 Å². The first-order valence-electron chi connectivity index (χ1n) is 18.6. The van der Waals surface area contributed by atoms with Crippen LogP contribution in [0.25, 0.3) is 0 Å². The number of hydrogen-bond acceptors (Lipinski definition) is 16. The highest BCUT2D eigenvalue weighted by molar-refractivity contribution is 7.93. The molecule has 2 aliphatic heterocycles. The number of aryl methyl sites for hydroxylation is 4. The smallest absolute Gasteiger partial charge is 0.347 e. The number of anilines is 2. The Hall–Kier alpha value is -5.03. The van der Waals surface area contributed by atoms with E-state index in [-0.39, 0.29) is 59.3 Å². The molecule has 17 nitrogen and oxygen atoms in total. The Kier molecular flexibility index (Phi) is 11.9. The van der Waals surface area contributed by atoms with Crippen LogP contribution in [0.15, 0.2) is 66.0 Å². The molecule has 24 heteroatoms. The van der Waals surface area contributed by atoms with Gasteiger partial charge in [-0.15, -0.1) is 34.3 Å². The van der Waals surface area contributed by atoms with Gasteiger partial charge in [-0.1, -0.05) is 33.5 Å². The van der Waals surface area contributed by atoms with Crippen molar-refractivity contribution in [2.45, 2.75) is 49.8 Å². The second-order valence-electron chi connectivity index (χ2n) is 12.3. The molecule has 6 heterocycles. The normalized spacial score (nSPS) is 15.2. The highest BCUT2D eigenvalue weighted by atomic mass is 35.5. The molecule has 0 atom stereocenters. The van der Waals surface area contributed by atoms with E-state index in [2.05, 4.69) is 19.8 Å². The molecule has 0 fully saturated rings. The van der Waals surface area contributed by atoms with E-state index in [4.69, 9.17) is 73.4 Å². The number of hydrogen-bond donors (Lipinski definition) is 3. The third-order valence-electron chi connectivity index (χ3n) is 8.23. The van der Waals surface area contributed by atoms with E-state index in [0.29, 0.717) is 39.9 Å². The van der Waals surface area contributed by atoms with Crippen LogP contribution in [-0.2, 0) is 32.3 Å². The minimum atomic E-state index is -4.16. The number of nitrogens with zero attached hydrogens (tertiary/aromatic N) is 2. The van der Waals surface area contributed by atoms with Crippen molar-refractivity contribution >= 4 is 101 Å². The summed E-state index contributed by atoms with van der Waals surface area (Å²) in [6, 6.07) is 9.04. The Bertz CT molecular complexity index is 3010. The van der Waals surface area contributed by atoms with Gasteiger partial charge in [0.2, 0.25) is 13.5 Å². The fraction of sp³-hybridized carbons (Fsp3) is 0.222. The van der Waals surface area contributed by atoms with Crippen LogP contribution in [0.3, 0.4) is 0 Å². The van der Waals surface area contributed by atoms with Crippen molar-refractivity contribution in [1.29, 1.82) is 0 Å². The number of carboxylic acid groups (broad SMARTS) is 1. The standard InChI is InChI=1S/C18H15ClN2O6S2.C9H7ClN2O5S2.C9H9ClO2/c1-9-5-13-14(26-8-25-13)7-11(9)6-12(22)17-15(3-4-28-17)29(23,24)21-18-16(19)10(2)20-27-18;1-4-6(10)8(17-11-4)12-19(15,16)5-2-3-18-7(5)9(13)14;1-6-2-8-9(12-5-11-8)3-7(6)4-10/h3-5,7,21H,6,8H2,1-2H3;2-3,12H,1H3,(H,13,14);2-3H,4-5H2,1H3/i8D2;;5D2. The molecule has 2 aliphatic rings. The molecule has 60 heavy (non-hydrogen) atoms. The summed E-state index contributed by atoms with van der Waals surface area (Å²) in [6.07, 6.45) is -0.114. The topological polar surface area (TPSA) is 236 Å². The Morgan fingerprint density at radius 1 is 0.733 bits per heavy atom. The van der Waals surface area contributed by atoms with Crippen molar-refractivity contribution in [3.63, 3.8) is 0 Å². The lowest BCUT2D eigenvalue weighted by Crippen LogP contribution is -2.16. The van der Waals surface area contributed by atoms with Crippen LogP contribution in [0.5, 0.6) is 23.0 Å². The molecule has 318 valence electrons. The van der Waals surface area contributed by atoms with Crippen molar-refractivity contribution < 1.29 is 65.0 Å². The quantitative estimate of drug-likeness (QED) is 0.0814. The number of thiophene rings is 2. The van der Waals surface area contributed by atoms with Crippen molar-refractivity contribution in [1.82, 2.24) is 10.3 Å². The van der Waals surface area contributed by atoms with Gasteiger partial charge in [-0.3, -0.25) is 4.79 Å². The third-order valence-corrected chi connectivity index (χ3v) is 14.3.